The molecule has 73 heavy (non-hydrogen) atoms. The molecule has 0 fully saturated rings. The highest BCUT2D eigenvalue weighted by molar-refractivity contribution is 5.71. The van der Waals surface area contributed by atoms with E-state index in [9.17, 15) is 14.4 Å². The third-order valence-corrected chi connectivity index (χ3v) is 15.8. The molecule has 0 N–H and O–H groups in total. The van der Waals surface area contributed by atoms with E-state index in [-0.39, 0.29) is 31.1 Å². The molecule has 0 aromatic rings. The summed E-state index contributed by atoms with van der Waals surface area (Å²) in [4.78, 5) is 38.4. The van der Waals surface area contributed by atoms with E-state index < -0.39 is 6.10 Å². The van der Waals surface area contributed by atoms with E-state index in [1.807, 2.05) is 0 Å². The molecular formula is C67H130O6. The molecule has 434 valence electrons. The molecule has 6 heteroatoms. The van der Waals surface area contributed by atoms with E-state index in [0.717, 1.165) is 75.5 Å². The predicted molar refractivity (Wildman–Crippen MR) is 316 cm³/mol. The molecule has 6 nitrogen and oxygen atoms in total. The number of hydrogen-bond acceptors (Lipinski definition) is 6. The Morgan fingerprint density at radius 1 is 0.274 bits per heavy atom. The van der Waals surface area contributed by atoms with Crippen LogP contribution in [0, 0.1) is 17.8 Å². The van der Waals surface area contributed by atoms with Crippen LogP contribution in [-0.2, 0) is 28.6 Å². The Morgan fingerprint density at radius 2 is 0.479 bits per heavy atom. The fourth-order valence-electron chi connectivity index (χ4n) is 10.4. The fraction of sp³-hybridized carbons (Fsp3) is 0.955. The van der Waals surface area contributed by atoms with Gasteiger partial charge in [-0.15, -0.1) is 0 Å². The van der Waals surface area contributed by atoms with Crippen molar-refractivity contribution in [3.05, 3.63) is 0 Å². The van der Waals surface area contributed by atoms with Crippen LogP contribution in [0.15, 0.2) is 0 Å². The van der Waals surface area contributed by atoms with E-state index in [1.54, 1.807) is 0 Å². The molecule has 0 spiro atoms. The summed E-state index contributed by atoms with van der Waals surface area (Å²) < 4.78 is 17.0. The third kappa shape index (κ3) is 59.5. The maximum Gasteiger partial charge on any atom is 0.306 e. The fourth-order valence-corrected chi connectivity index (χ4v) is 10.4. The summed E-state index contributed by atoms with van der Waals surface area (Å²) in [5, 5.41) is 0. The zero-order valence-electron chi connectivity index (χ0n) is 50.4. The molecule has 0 bridgehead atoms. The molecule has 0 aromatic heterocycles. The van der Waals surface area contributed by atoms with Crippen molar-refractivity contribution < 1.29 is 28.6 Å². The summed E-state index contributed by atoms with van der Waals surface area (Å²) in [6.07, 6.45) is 63.9. The van der Waals surface area contributed by atoms with Crippen molar-refractivity contribution in [1.29, 1.82) is 0 Å². The standard InChI is InChI=1S/C67H130O6/c1-7-63(6)55-49-43-37-31-25-18-14-10-8-9-11-15-19-26-32-38-44-50-56-65(68)71-59-64(60-72-66(69)57-51-45-39-33-27-22-21-24-30-36-42-48-54-62(4)5)73-67(70)58-52-46-40-34-28-20-16-12-13-17-23-29-35-41-47-53-61(2)3/h61-64H,7-60H2,1-6H3/t63?,64-/m1/s1. The summed E-state index contributed by atoms with van der Waals surface area (Å²) in [6.45, 7) is 13.9. The van der Waals surface area contributed by atoms with Gasteiger partial charge in [-0.05, 0) is 37.0 Å². The molecule has 0 heterocycles. The summed E-state index contributed by atoms with van der Waals surface area (Å²) in [5.74, 6) is 1.76. The predicted octanol–water partition coefficient (Wildman–Crippen LogP) is 22.2. The zero-order chi connectivity index (χ0) is 53.3. The lowest BCUT2D eigenvalue weighted by atomic mass is 9.99. The Bertz CT molecular complexity index is 1130. The van der Waals surface area contributed by atoms with Crippen molar-refractivity contribution in [3.63, 3.8) is 0 Å². The van der Waals surface area contributed by atoms with Crippen LogP contribution in [-0.4, -0.2) is 37.2 Å². The first-order valence-electron chi connectivity index (χ1n) is 33.1. The highest BCUT2D eigenvalue weighted by atomic mass is 16.6. The Morgan fingerprint density at radius 3 is 0.712 bits per heavy atom. The maximum atomic E-state index is 12.9. The lowest BCUT2D eigenvalue weighted by molar-refractivity contribution is -0.167. The highest BCUT2D eigenvalue weighted by Crippen LogP contribution is 2.20. The lowest BCUT2D eigenvalue weighted by Gasteiger charge is -2.18. The van der Waals surface area contributed by atoms with Crippen molar-refractivity contribution in [3.8, 4) is 0 Å². The number of unbranched alkanes of at least 4 members (excludes halogenated alkanes) is 42. The van der Waals surface area contributed by atoms with Crippen LogP contribution in [0.5, 0.6) is 0 Å². The quantitative estimate of drug-likeness (QED) is 0.0343. The number of esters is 3. The minimum absolute atomic E-state index is 0.0623. The van der Waals surface area contributed by atoms with E-state index in [1.165, 1.54) is 257 Å². The summed E-state index contributed by atoms with van der Waals surface area (Å²) >= 11 is 0. The van der Waals surface area contributed by atoms with Gasteiger partial charge in [-0.1, -0.05) is 337 Å². The van der Waals surface area contributed by atoms with Gasteiger partial charge in [0.1, 0.15) is 13.2 Å². The zero-order valence-corrected chi connectivity index (χ0v) is 50.4. The molecule has 0 saturated heterocycles. The monoisotopic (exact) mass is 1030 g/mol. The second-order valence-corrected chi connectivity index (χ2v) is 24.3. The van der Waals surface area contributed by atoms with Gasteiger partial charge in [0, 0.05) is 19.3 Å². The first-order chi connectivity index (χ1) is 35.6. The molecule has 0 aliphatic heterocycles. The second kappa shape index (κ2) is 58.1. The number of carbonyl (C=O) groups excluding carboxylic acids is 3. The number of hydrogen-bond donors (Lipinski definition) is 0. The second-order valence-electron chi connectivity index (χ2n) is 24.3. The van der Waals surface area contributed by atoms with Crippen molar-refractivity contribution >= 4 is 17.9 Å². The topological polar surface area (TPSA) is 78.9 Å². The van der Waals surface area contributed by atoms with Crippen LogP contribution in [0.3, 0.4) is 0 Å². The maximum absolute atomic E-state index is 12.9. The Hall–Kier alpha value is -1.59. The SMILES string of the molecule is CCC(C)CCCCCCCCCCCCCCCCCCCCC(=O)OC[C@H](COC(=O)CCCCCCCCCCCCCCC(C)C)OC(=O)CCCCCCCCCCCCCCCCCC(C)C. The molecule has 2 atom stereocenters. The Labute approximate surface area is 457 Å². The van der Waals surface area contributed by atoms with Crippen molar-refractivity contribution in [1.82, 2.24) is 0 Å². The largest absolute Gasteiger partial charge is 0.462 e. The average molecular weight is 1030 g/mol. The van der Waals surface area contributed by atoms with Gasteiger partial charge in [-0.25, -0.2) is 0 Å². The molecule has 1 unspecified atom stereocenters. The van der Waals surface area contributed by atoms with Crippen LogP contribution >= 0.6 is 0 Å². The summed E-state index contributed by atoms with van der Waals surface area (Å²) in [6, 6.07) is 0. The first-order valence-corrected chi connectivity index (χ1v) is 33.1. The minimum Gasteiger partial charge on any atom is -0.462 e. The molecule has 0 saturated carbocycles. The number of rotatable bonds is 60. The van der Waals surface area contributed by atoms with Gasteiger partial charge in [0.2, 0.25) is 0 Å². The molecule has 0 amide bonds. The molecule has 0 rings (SSSR count). The van der Waals surface area contributed by atoms with E-state index in [2.05, 4.69) is 41.5 Å². The van der Waals surface area contributed by atoms with Gasteiger partial charge in [0.05, 0.1) is 0 Å². The molecule has 0 radical (unpaired) electrons. The minimum atomic E-state index is -0.765. The van der Waals surface area contributed by atoms with Crippen molar-refractivity contribution in [2.45, 2.75) is 382 Å². The first kappa shape index (κ1) is 71.4. The van der Waals surface area contributed by atoms with Gasteiger partial charge in [-0.3, -0.25) is 14.4 Å². The molecule has 0 aliphatic rings. The third-order valence-electron chi connectivity index (χ3n) is 15.8. The van der Waals surface area contributed by atoms with Gasteiger partial charge in [0.15, 0.2) is 6.10 Å². The summed E-state index contributed by atoms with van der Waals surface area (Å²) in [5.41, 5.74) is 0. The summed E-state index contributed by atoms with van der Waals surface area (Å²) in [7, 11) is 0. The molecule has 0 aliphatic carbocycles. The number of carbonyl (C=O) groups is 3. The van der Waals surface area contributed by atoms with Crippen molar-refractivity contribution in [2.75, 3.05) is 13.2 Å². The number of ether oxygens (including phenoxy) is 3. The van der Waals surface area contributed by atoms with Gasteiger partial charge >= 0.3 is 17.9 Å². The van der Waals surface area contributed by atoms with Gasteiger partial charge in [-0.2, -0.15) is 0 Å². The van der Waals surface area contributed by atoms with Gasteiger partial charge < -0.3 is 14.2 Å². The average Bonchev–Trinajstić information content (AvgIpc) is 3.37. The van der Waals surface area contributed by atoms with Crippen LogP contribution in [0.2, 0.25) is 0 Å². The van der Waals surface area contributed by atoms with Crippen molar-refractivity contribution in [2.24, 2.45) is 17.8 Å². The highest BCUT2D eigenvalue weighted by Gasteiger charge is 2.20. The lowest BCUT2D eigenvalue weighted by Crippen LogP contribution is -2.30. The molecule has 0 aromatic carbocycles. The normalized spacial score (nSPS) is 12.5. The van der Waals surface area contributed by atoms with E-state index in [4.69, 9.17) is 14.2 Å². The van der Waals surface area contributed by atoms with Crippen LogP contribution < -0.4 is 0 Å². The van der Waals surface area contributed by atoms with E-state index >= 15 is 0 Å². The van der Waals surface area contributed by atoms with Crippen LogP contribution in [0.4, 0.5) is 0 Å². The van der Waals surface area contributed by atoms with Crippen LogP contribution in [0.25, 0.3) is 0 Å². The Balaban J connectivity index is 4.26. The van der Waals surface area contributed by atoms with Crippen LogP contribution in [0.1, 0.15) is 375 Å². The Kier molecular flexibility index (Phi) is 56.8. The van der Waals surface area contributed by atoms with E-state index in [0.29, 0.717) is 19.3 Å². The smallest absolute Gasteiger partial charge is 0.306 e. The molecular weight excluding hydrogens is 901 g/mol. The van der Waals surface area contributed by atoms with Gasteiger partial charge in [0.25, 0.3) is 0 Å².